The maximum atomic E-state index is 12.3. The molecule has 0 atom stereocenters. The van der Waals surface area contributed by atoms with E-state index in [1.165, 1.54) is 13.2 Å². The number of aromatic nitrogens is 1. The Hall–Kier alpha value is -0.820. The molecule has 90 valence electrons. The summed E-state index contributed by atoms with van der Waals surface area (Å²) in [5.74, 6) is -0.0909. The predicted molar refractivity (Wildman–Crippen MR) is 54.3 cm³/mol. The number of pyridine rings is 1. The Morgan fingerprint density at radius 2 is 2.00 bits per heavy atom. The zero-order chi connectivity index (χ0) is 12.2. The van der Waals surface area contributed by atoms with Crippen molar-refractivity contribution in [3.05, 3.63) is 22.3 Å². The van der Waals surface area contributed by atoms with Crippen LogP contribution in [0, 0.1) is 0 Å². The average Bonchev–Trinajstić information content (AvgIpc) is 2.19. The summed E-state index contributed by atoms with van der Waals surface area (Å²) in [4.78, 5) is 3.37. The van der Waals surface area contributed by atoms with Crippen LogP contribution in [0.3, 0.4) is 0 Å². The number of nitrogens with zero attached hydrogens (tertiary/aromatic N) is 1. The molecule has 1 rings (SSSR count). The monoisotopic (exact) mass is 299 g/mol. The predicted octanol–water partition coefficient (Wildman–Crippen LogP) is 2.89. The highest BCUT2D eigenvalue weighted by Crippen LogP contribution is 2.31. The molecule has 0 N–H and O–H groups in total. The first-order valence-electron chi connectivity index (χ1n) is 4.30. The Kier molecular flexibility index (Phi) is 4.55. The first kappa shape index (κ1) is 13.2. The summed E-state index contributed by atoms with van der Waals surface area (Å²) in [6.45, 7) is 0.424. The van der Waals surface area contributed by atoms with Gasteiger partial charge in [0.25, 0.3) is 0 Å². The van der Waals surface area contributed by atoms with Crippen LogP contribution < -0.4 is 4.74 Å². The highest BCUT2D eigenvalue weighted by atomic mass is 79.9. The van der Waals surface area contributed by atoms with E-state index >= 15 is 0 Å². The topological polar surface area (TPSA) is 31.4 Å². The lowest BCUT2D eigenvalue weighted by Gasteiger charge is -2.10. The lowest BCUT2D eigenvalue weighted by atomic mass is 10.3. The van der Waals surface area contributed by atoms with Crippen molar-refractivity contribution in [3.63, 3.8) is 0 Å². The van der Waals surface area contributed by atoms with Gasteiger partial charge in [-0.3, -0.25) is 0 Å². The Bertz CT molecular complexity index is 357. The molecular weight excluding hydrogens is 291 g/mol. The van der Waals surface area contributed by atoms with Crippen LogP contribution in [0.25, 0.3) is 0 Å². The molecule has 0 amide bonds. The minimum absolute atomic E-state index is 0.0909. The molecule has 0 fully saturated rings. The standard InChI is InChI=1S/C9H9BrF3NO2/c1-15-4-5-16-8-6(10)2-3-7(14-8)9(11,12)13/h2-3H,4-5H2,1H3. The summed E-state index contributed by atoms with van der Waals surface area (Å²) in [5.41, 5.74) is -0.983. The SMILES string of the molecule is COCCOc1nc(C(F)(F)F)ccc1Br. The van der Waals surface area contributed by atoms with E-state index in [0.29, 0.717) is 4.47 Å². The summed E-state index contributed by atoms with van der Waals surface area (Å²) >= 11 is 3.05. The van der Waals surface area contributed by atoms with Crippen molar-refractivity contribution < 1.29 is 22.6 Å². The van der Waals surface area contributed by atoms with Crippen molar-refractivity contribution in [2.24, 2.45) is 0 Å². The highest BCUT2D eigenvalue weighted by molar-refractivity contribution is 9.10. The Labute approximate surface area is 98.7 Å². The molecule has 0 aromatic carbocycles. The largest absolute Gasteiger partial charge is 0.474 e. The summed E-state index contributed by atoms with van der Waals surface area (Å²) in [7, 11) is 1.47. The number of rotatable bonds is 4. The van der Waals surface area contributed by atoms with Crippen molar-refractivity contribution in [1.82, 2.24) is 4.98 Å². The Balaban J connectivity index is 2.83. The van der Waals surface area contributed by atoms with Crippen LogP contribution in [0.2, 0.25) is 0 Å². The van der Waals surface area contributed by atoms with E-state index in [9.17, 15) is 13.2 Å². The first-order chi connectivity index (χ1) is 7.45. The van der Waals surface area contributed by atoms with Gasteiger partial charge in [0.05, 0.1) is 11.1 Å². The minimum atomic E-state index is -4.47. The van der Waals surface area contributed by atoms with Gasteiger partial charge < -0.3 is 9.47 Å². The fourth-order valence-corrected chi connectivity index (χ4v) is 1.24. The molecule has 0 aliphatic rings. The van der Waals surface area contributed by atoms with Crippen LogP contribution >= 0.6 is 15.9 Å². The van der Waals surface area contributed by atoms with Gasteiger partial charge in [-0.15, -0.1) is 0 Å². The summed E-state index contributed by atoms with van der Waals surface area (Å²) in [5, 5.41) is 0. The third kappa shape index (κ3) is 3.64. The molecule has 0 unspecified atom stereocenters. The highest BCUT2D eigenvalue weighted by Gasteiger charge is 2.33. The van der Waals surface area contributed by atoms with Gasteiger partial charge in [0, 0.05) is 7.11 Å². The first-order valence-corrected chi connectivity index (χ1v) is 5.10. The fourth-order valence-electron chi connectivity index (χ4n) is 0.904. The van der Waals surface area contributed by atoms with Gasteiger partial charge in [-0.1, -0.05) is 0 Å². The third-order valence-electron chi connectivity index (χ3n) is 1.63. The van der Waals surface area contributed by atoms with Crippen LogP contribution in [-0.4, -0.2) is 25.3 Å². The maximum absolute atomic E-state index is 12.3. The van der Waals surface area contributed by atoms with E-state index in [4.69, 9.17) is 9.47 Å². The molecule has 0 aliphatic heterocycles. The fraction of sp³-hybridized carbons (Fsp3) is 0.444. The molecule has 0 aliphatic carbocycles. The average molecular weight is 300 g/mol. The molecule has 0 saturated heterocycles. The molecule has 1 aromatic heterocycles. The summed E-state index contributed by atoms with van der Waals surface area (Å²) < 4.78 is 47.1. The van der Waals surface area contributed by atoms with Gasteiger partial charge in [0.15, 0.2) is 0 Å². The third-order valence-corrected chi connectivity index (χ3v) is 2.23. The van der Waals surface area contributed by atoms with Crippen LogP contribution in [0.1, 0.15) is 5.69 Å². The van der Waals surface area contributed by atoms with Gasteiger partial charge in [-0.2, -0.15) is 13.2 Å². The number of halogens is 4. The Morgan fingerprint density at radius 3 is 2.56 bits per heavy atom. The molecule has 3 nitrogen and oxygen atoms in total. The van der Waals surface area contributed by atoms with Gasteiger partial charge in [0.1, 0.15) is 12.3 Å². The zero-order valence-corrected chi connectivity index (χ0v) is 9.93. The molecule has 1 aromatic rings. The normalized spacial score (nSPS) is 11.6. The molecule has 0 bridgehead atoms. The number of hydrogen-bond acceptors (Lipinski definition) is 3. The molecule has 16 heavy (non-hydrogen) atoms. The number of alkyl halides is 3. The lowest BCUT2D eigenvalue weighted by molar-refractivity contribution is -0.141. The van der Waals surface area contributed by atoms with E-state index < -0.39 is 11.9 Å². The maximum Gasteiger partial charge on any atom is 0.433 e. The van der Waals surface area contributed by atoms with Gasteiger partial charge in [0.2, 0.25) is 5.88 Å². The van der Waals surface area contributed by atoms with Gasteiger partial charge in [-0.05, 0) is 28.1 Å². The van der Waals surface area contributed by atoms with Crippen molar-refractivity contribution in [1.29, 1.82) is 0 Å². The molecular formula is C9H9BrF3NO2. The van der Waals surface area contributed by atoms with E-state index in [2.05, 4.69) is 20.9 Å². The zero-order valence-electron chi connectivity index (χ0n) is 8.34. The molecule has 0 saturated carbocycles. The van der Waals surface area contributed by atoms with Crippen molar-refractivity contribution in [3.8, 4) is 5.88 Å². The van der Waals surface area contributed by atoms with Gasteiger partial charge in [-0.25, -0.2) is 4.98 Å². The molecule has 7 heteroatoms. The van der Waals surface area contributed by atoms with E-state index in [-0.39, 0.29) is 19.1 Å². The second-order valence-electron chi connectivity index (χ2n) is 2.82. The van der Waals surface area contributed by atoms with Crippen molar-refractivity contribution in [2.75, 3.05) is 20.3 Å². The van der Waals surface area contributed by atoms with E-state index in [1.807, 2.05) is 0 Å². The minimum Gasteiger partial charge on any atom is -0.474 e. The van der Waals surface area contributed by atoms with Crippen LogP contribution in [-0.2, 0) is 10.9 Å². The van der Waals surface area contributed by atoms with Crippen LogP contribution in [0.5, 0.6) is 5.88 Å². The van der Waals surface area contributed by atoms with Crippen molar-refractivity contribution in [2.45, 2.75) is 6.18 Å². The van der Waals surface area contributed by atoms with Gasteiger partial charge >= 0.3 is 6.18 Å². The number of ether oxygens (including phenoxy) is 2. The molecule has 0 spiro atoms. The summed E-state index contributed by atoms with van der Waals surface area (Å²) in [6.07, 6.45) is -4.47. The summed E-state index contributed by atoms with van der Waals surface area (Å²) in [6, 6.07) is 2.13. The quantitative estimate of drug-likeness (QED) is 0.801. The second kappa shape index (κ2) is 5.49. The second-order valence-corrected chi connectivity index (χ2v) is 3.68. The molecule has 0 radical (unpaired) electrons. The van der Waals surface area contributed by atoms with Crippen LogP contribution in [0.4, 0.5) is 13.2 Å². The lowest BCUT2D eigenvalue weighted by Crippen LogP contribution is -2.11. The number of methoxy groups -OCH3 is 1. The van der Waals surface area contributed by atoms with Crippen molar-refractivity contribution >= 4 is 15.9 Å². The molecule has 1 heterocycles. The smallest absolute Gasteiger partial charge is 0.433 e. The Morgan fingerprint density at radius 1 is 1.31 bits per heavy atom. The van der Waals surface area contributed by atoms with E-state index in [1.54, 1.807) is 0 Å². The van der Waals surface area contributed by atoms with E-state index in [0.717, 1.165) is 6.07 Å². The number of hydrogen-bond donors (Lipinski definition) is 0. The van der Waals surface area contributed by atoms with Crippen LogP contribution in [0.15, 0.2) is 16.6 Å².